The second kappa shape index (κ2) is 55.9. The van der Waals surface area contributed by atoms with Crippen LogP contribution in [-0.2, 0) is 23.8 Å². The van der Waals surface area contributed by atoms with Crippen LogP contribution in [0.1, 0.15) is 239 Å². The minimum Gasteiger partial charge on any atom is -0.462 e. The number of rotatable bonds is 49. The molecule has 0 amide bonds. The lowest BCUT2D eigenvalue weighted by Crippen LogP contribution is -2.30. The molecule has 0 fully saturated rings. The minimum absolute atomic E-state index is 0.0432. The first kappa shape index (κ1) is 62.6. The fraction of sp³-hybridized carbons (Fsp3) is 0.672. The number of carbonyl (C=O) groups excluding carboxylic acids is 2. The Morgan fingerprint density at radius 2 is 0.697 bits per heavy atom. The van der Waals surface area contributed by atoms with Crippen LogP contribution in [-0.4, -0.2) is 37.9 Å². The van der Waals surface area contributed by atoms with Crippen molar-refractivity contribution in [2.45, 2.75) is 245 Å². The molecular weight excluding hydrogens is 813 g/mol. The largest absolute Gasteiger partial charge is 0.462 e. The highest BCUT2D eigenvalue weighted by Crippen LogP contribution is 2.13. The molecule has 0 aromatic heterocycles. The Kier molecular flexibility index (Phi) is 53.0. The van der Waals surface area contributed by atoms with Crippen LogP contribution < -0.4 is 0 Å². The first-order valence-electron chi connectivity index (χ1n) is 27.4. The highest BCUT2D eigenvalue weighted by Gasteiger charge is 2.17. The molecule has 0 aliphatic rings. The van der Waals surface area contributed by atoms with Crippen LogP contribution in [0.3, 0.4) is 0 Å². The fourth-order valence-corrected chi connectivity index (χ4v) is 7.26. The van der Waals surface area contributed by atoms with Gasteiger partial charge in [0, 0.05) is 19.4 Å². The van der Waals surface area contributed by atoms with Gasteiger partial charge in [0.25, 0.3) is 0 Å². The average molecular weight is 915 g/mol. The molecule has 5 nitrogen and oxygen atoms in total. The molecule has 66 heavy (non-hydrogen) atoms. The van der Waals surface area contributed by atoms with Gasteiger partial charge in [-0.25, -0.2) is 0 Å². The van der Waals surface area contributed by atoms with Gasteiger partial charge in [-0.3, -0.25) is 9.59 Å². The standard InChI is InChI=1S/C61H102O5/c1-4-7-10-13-16-19-22-25-28-31-33-36-39-42-45-48-51-54-60(62)65-58-59(57-64-56-53-50-47-44-41-38-35-30-27-24-21-18-15-12-9-6-3)66-61(63)55-52-49-46-43-40-37-34-32-29-26-23-20-17-14-11-8-5-2/h7,9-10,12,16,18-19,21,25-30,33,36,42,45,59H,4-6,8,11,13-15,17,20,22-24,31-32,34-35,37-41,43-44,46-58H2,1-3H3/b10-7-,12-9-,19-16-,21-18-,28-25-,29-26-,30-27-,36-33-,45-42-. The number of hydrogen-bond acceptors (Lipinski definition) is 5. The summed E-state index contributed by atoms with van der Waals surface area (Å²) in [5, 5.41) is 0. The van der Waals surface area contributed by atoms with Gasteiger partial charge in [-0.1, -0.05) is 220 Å². The first-order chi connectivity index (χ1) is 32.6. The van der Waals surface area contributed by atoms with E-state index in [4.69, 9.17) is 14.2 Å². The zero-order chi connectivity index (χ0) is 47.7. The van der Waals surface area contributed by atoms with Gasteiger partial charge in [0.05, 0.1) is 6.61 Å². The fourth-order valence-electron chi connectivity index (χ4n) is 7.26. The predicted molar refractivity (Wildman–Crippen MR) is 288 cm³/mol. The normalized spacial score (nSPS) is 13.1. The van der Waals surface area contributed by atoms with Crippen molar-refractivity contribution in [1.82, 2.24) is 0 Å². The third-order valence-corrected chi connectivity index (χ3v) is 11.3. The van der Waals surface area contributed by atoms with Crippen molar-refractivity contribution in [3.8, 4) is 0 Å². The van der Waals surface area contributed by atoms with Crippen molar-refractivity contribution in [3.63, 3.8) is 0 Å². The van der Waals surface area contributed by atoms with Crippen molar-refractivity contribution >= 4 is 11.9 Å². The van der Waals surface area contributed by atoms with Crippen molar-refractivity contribution < 1.29 is 23.8 Å². The van der Waals surface area contributed by atoms with E-state index in [0.29, 0.717) is 19.4 Å². The third kappa shape index (κ3) is 53.2. The molecule has 0 saturated carbocycles. The number of unbranched alkanes of at least 4 members (excludes halogenated alkanes) is 20. The highest BCUT2D eigenvalue weighted by molar-refractivity contribution is 5.70. The summed E-state index contributed by atoms with van der Waals surface area (Å²) in [6, 6.07) is 0. The molecule has 0 spiro atoms. The number of ether oxygens (including phenoxy) is 3. The molecule has 0 aromatic carbocycles. The second-order valence-electron chi connectivity index (χ2n) is 17.7. The van der Waals surface area contributed by atoms with Crippen LogP contribution in [0.25, 0.3) is 0 Å². The van der Waals surface area contributed by atoms with E-state index >= 15 is 0 Å². The van der Waals surface area contributed by atoms with E-state index in [1.54, 1.807) is 0 Å². The smallest absolute Gasteiger partial charge is 0.306 e. The van der Waals surface area contributed by atoms with E-state index in [1.165, 1.54) is 103 Å². The van der Waals surface area contributed by atoms with Gasteiger partial charge in [-0.05, 0) is 116 Å². The quantitative estimate of drug-likeness (QED) is 0.0346. The molecule has 5 heteroatoms. The Labute approximate surface area is 408 Å². The summed E-state index contributed by atoms with van der Waals surface area (Å²) in [6.07, 6.45) is 76.8. The summed E-state index contributed by atoms with van der Waals surface area (Å²) in [6.45, 7) is 7.51. The summed E-state index contributed by atoms with van der Waals surface area (Å²) in [5.41, 5.74) is 0. The van der Waals surface area contributed by atoms with E-state index in [-0.39, 0.29) is 25.2 Å². The lowest BCUT2D eigenvalue weighted by molar-refractivity contribution is -0.163. The number of allylic oxidation sites excluding steroid dienone is 18. The number of esters is 2. The topological polar surface area (TPSA) is 61.8 Å². The molecule has 0 bridgehead atoms. The van der Waals surface area contributed by atoms with Crippen molar-refractivity contribution in [2.24, 2.45) is 0 Å². The van der Waals surface area contributed by atoms with Crippen LogP contribution in [0.2, 0.25) is 0 Å². The monoisotopic (exact) mass is 915 g/mol. The van der Waals surface area contributed by atoms with Crippen molar-refractivity contribution in [1.29, 1.82) is 0 Å². The van der Waals surface area contributed by atoms with Gasteiger partial charge in [0.2, 0.25) is 0 Å². The Morgan fingerprint density at radius 3 is 1.15 bits per heavy atom. The third-order valence-electron chi connectivity index (χ3n) is 11.3. The minimum atomic E-state index is -0.575. The molecule has 1 unspecified atom stereocenters. The number of carbonyl (C=O) groups is 2. The van der Waals surface area contributed by atoms with E-state index in [0.717, 1.165) is 103 Å². The van der Waals surface area contributed by atoms with Gasteiger partial charge in [-0.15, -0.1) is 0 Å². The van der Waals surface area contributed by atoms with Gasteiger partial charge in [0.1, 0.15) is 6.61 Å². The summed E-state index contributed by atoms with van der Waals surface area (Å²) in [5.74, 6) is -0.479. The van der Waals surface area contributed by atoms with Gasteiger partial charge >= 0.3 is 11.9 Å². The molecule has 0 rings (SSSR count). The van der Waals surface area contributed by atoms with E-state index in [2.05, 4.69) is 130 Å². The SMILES string of the molecule is CC/C=C\C/C=C\C/C=C\C/C=C\C/C=C\CCCC(=O)OCC(COCCCCCCCC/C=C\C/C=C\C/C=C\CC)OC(=O)CCCCCCCCC/C=C\CCCCCCCC. The summed E-state index contributed by atoms with van der Waals surface area (Å²) >= 11 is 0. The van der Waals surface area contributed by atoms with Gasteiger partial charge in [-0.2, -0.15) is 0 Å². The van der Waals surface area contributed by atoms with Crippen LogP contribution in [0, 0.1) is 0 Å². The Bertz CT molecular complexity index is 1310. The first-order valence-corrected chi connectivity index (χ1v) is 27.4. The Balaban J connectivity index is 4.41. The average Bonchev–Trinajstić information content (AvgIpc) is 3.32. The molecule has 0 aliphatic carbocycles. The van der Waals surface area contributed by atoms with Crippen molar-refractivity contribution in [3.05, 3.63) is 109 Å². The van der Waals surface area contributed by atoms with Crippen LogP contribution >= 0.6 is 0 Å². The van der Waals surface area contributed by atoms with E-state index < -0.39 is 6.10 Å². The summed E-state index contributed by atoms with van der Waals surface area (Å²) in [7, 11) is 0. The Morgan fingerprint density at radius 1 is 0.348 bits per heavy atom. The molecule has 0 aromatic rings. The highest BCUT2D eigenvalue weighted by atomic mass is 16.6. The molecule has 376 valence electrons. The Hall–Kier alpha value is -3.44. The molecule has 0 radical (unpaired) electrons. The molecule has 0 aliphatic heterocycles. The lowest BCUT2D eigenvalue weighted by atomic mass is 10.1. The van der Waals surface area contributed by atoms with Crippen LogP contribution in [0.15, 0.2) is 109 Å². The van der Waals surface area contributed by atoms with Gasteiger partial charge in [0.15, 0.2) is 6.10 Å². The maximum absolute atomic E-state index is 12.8. The summed E-state index contributed by atoms with van der Waals surface area (Å²) in [4.78, 5) is 25.5. The molecular formula is C61H102O5. The van der Waals surface area contributed by atoms with E-state index in [1.807, 2.05) is 0 Å². The maximum atomic E-state index is 12.8. The lowest BCUT2D eigenvalue weighted by Gasteiger charge is -2.18. The van der Waals surface area contributed by atoms with Crippen LogP contribution in [0.5, 0.6) is 0 Å². The molecule has 1 atom stereocenters. The van der Waals surface area contributed by atoms with Gasteiger partial charge < -0.3 is 14.2 Å². The second-order valence-corrected chi connectivity index (χ2v) is 17.7. The van der Waals surface area contributed by atoms with Crippen LogP contribution in [0.4, 0.5) is 0 Å². The zero-order valence-electron chi connectivity index (χ0n) is 43.2. The van der Waals surface area contributed by atoms with E-state index in [9.17, 15) is 9.59 Å². The summed E-state index contributed by atoms with van der Waals surface area (Å²) < 4.78 is 17.4. The predicted octanol–water partition coefficient (Wildman–Crippen LogP) is 18.8. The molecule has 0 heterocycles. The zero-order valence-corrected chi connectivity index (χ0v) is 43.2. The number of hydrogen-bond donors (Lipinski definition) is 0. The van der Waals surface area contributed by atoms with Crippen molar-refractivity contribution in [2.75, 3.05) is 19.8 Å². The molecule has 0 N–H and O–H groups in total. The molecule has 0 saturated heterocycles. The maximum Gasteiger partial charge on any atom is 0.306 e.